The molecule has 0 saturated heterocycles. The molecule has 2 rings (SSSR count). The van der Waals surface area contributed by atoms with E-state index in [-0.39, 0.29) is 5.75 Å². The molecule has 0 unspecified atom stereocenters. The van der Waals surface area contributed by atoms with Crippen LogP contribution >= 0.6 is 11.8 Å². The van der Waals surface area contributed by atoms with E-state index in [1.54, 1.807) is 17.0 Å². The molecule has 0 spiro atoms. The lowest BCUT2D eigenvalue weighted by atomic mass is 10.5. The van der Waals surface area contributed by atoms with Gasteiger partial charge in [0, 0.05) is 19.4 Å². The van der Waals surface area contributed by atoms with Gasteiger partial charge in [-0.1, -0.05) is 5.16 Å². The summed E-state index contributed by atoms with van der Waals surface area (Å²) in [5.74, 6) is 0.948. The number of imidazole rings is 1. The Morgan fingerprint density at radius 1 is 1.65 bits per heavy atom. The number of rotatable bonds is 5. The normalized spacial score (nSPS) is 10.6. The summed E-state index contributed by atoms with van der Waals surface area (Å²) in [6.45, 7) is 0. The molecule has 2 heterocycles. The summed E-state index contributed by atoms with van der Waals surface area (Å²) < 4.78 is 6.77. The zero-order valence-electron chi connectivity index (χ0n) is 9.03. The van der Waals surface area contributed by atoms with E-state index in [9.17, 15) is 4.79 Å². The summed E-state index contributed by atoms with van der Waals surface area (Å²) in [4.78, 5) is 18.5. The molecule has 2 aromatic rings. The van der Waals surface area contributed by atoms with Crippen molar-refractivity contribution in [2.75, 3.05) is 5.75 Å². The summed E-state index contributed by atoms with van der Waals surface area (Å²) in [5.41, 5.74) is 0. The second kappa shape index (κ2) is 5.00. The fraction of sp³-hybridized carbons (Fsp3) is 0.333. The Labute approximate surface area is 101 Å². The van der Waals surface area contributed by atoms with E-state index in [4.69, 9.17) is 9.63 Å². The average molecular weight is 254 g/mol. The molecule has 0 radical (unpaired) electrons. The summed E-state index contributed by atoms with van der Waals surface area (Å²) in [6, 6.07) is 0. The minimum Gasteiger partial charge on any atom is -0.481 e. The van der Waals surface area contributed by atoms with Crippen LogP contribution in [0, 0.1) is 0 Å². The van der Waals surface area contributed by atoms with Crippen LogP contribution in [-0.2, 0) is 17.6 Å². The zero-order chi connectivity index (χ0) is 12.3. The average Bonchev–Trinajstić information content (AvgIpc) is 2.86. The number of carboxylic acids is 1. The van der Waals surface area contributed by atoms with Gasteiger partial charge in [0.15, 0.2) is 5.82 Å². The fourth-order valence-corrected chi connectivity index (χ4v) is 1.78. The third-order valence-corrected chi connectivity index (χ3v) is 2.84. The maximum absolute atomic E-state index is 10.3. The smallest absolute Gasteiger partial charge is 0.313 e. The number of hydrogen-bond acceptors (Lipinski definition) is 6. The SMILES string of the molecule is Cn1ccnc1-c1noc(CSCC(=O)O)n1. The highest BCUT2D eigenvalue weighted by atomic mass is 32.2. The van der Waals surface area contributed by atoms with Crippen LogP contribution in [0.3, 0.4) is 0 Å². The highest BCUT2D eigenvalue weighted by molar-refractivity contribution is 7.99. The van der Waals surface area contributed by atoms with Gasteiger partial charge < -0.3 is 14.2 Å². The second-order valence-corrected chi connectivity index (χ2v) is 4.25. The Morgan fingerprint density at radius 3 is 3.12 bits per heavy atom. The topological polar surface area (TPSA) is 94.0 Å². The van der Waals surface area contributed by atoms with Crippen LogP contribution in [0.4, 0.5) is 0 Å². The maximum Gasteiger partial charge on any atom is 0.313 e. The van der Waals surface area contributed by atoms with Gasteiger partial charge in [-0.3, -0.25) is 4.79 Å². The number of nitrogens with zero attached hydrogens (tertiary/aromatic N) is 4. The molecule has 8 heteroatoms. The van der Waals surface area contributed by atoms with E-state index < -0.39 is 5.97 Å². The van der Waals surface area contributed by atoms with Crippen LogP contribution in [0.15, 0.2) is 16.9 Å². The van der Waals surface area contributed by atoms with E-state index in [0.29, 0.717) is 23.3 Å². The predicted molar refractivity (Wildman–Crippen MR) is 60.3 cm³/mol. The lowest BCUT2D eigenvalue weighted by molar-refractivity contribution is -0.133. The first-order chi connectivity index (χ1) is 8.16. The summed E-state index contributed by atoms with van der Waals surface area (Å²) in [5, 5.41) is 12.3. The Hall–Kier alpha value is -1.83. The van der Waals surface area contributed by atoms with Crippen LogP contribution < -0.4 is 0 Å². The molecule has 0 fully saturated rings. The van der Waals surface area contributed by atoms with Gasteiger partial charge in [-0.15, -0.1) is 11.8 Å². The number of aliphatic carboxylic acids is 1. The maximum atomic E-state index is 10.3. The number of thioether (sulfide) groups is 1. The van der Waals surface area contributed by atoms with Crippen LogP contribution in [-0.4, -0.2) is 36.5 Å². The van der Waals surface area contributed by atoms with E-state index in [1.165, 1.54) is 11.8 Å². The highest BCUT2D eigenvalue weighted by Crippen LogP contribution is 2.15. The quantitative estimate of drug-likeness (QED) is 0.842. The summed E-state index contributed by atoms with van der Waals surface area (Å²) >= 11 is 1.21. The van der Waals surface area contributed by atoms with E-state index in [2.05, 4.69) is 15.1 Å². The van der Waals surface area contributed by atoms with Gasteiger partial charge in [0.1, 0.15) is 0 Å². The van der Waals surface area contributed by atoms with Crippen molar-refractivity contribution >= 4 is 17.7 Å². The van der Waals surface area contributed by atoms with Crippen molar-refractivity contribution in [1.29, 1.82) is 0 Å². The molecule has 7 nitrogen and oxygen atoms in total. The lowest BCUT2D eigenvalue weighted by Gasteiger charge is -1.93. The number of aryl methyl sites for hydroxylation is 1. The number of carboxylic acid groups (broad SMARTS) is 1. The summed E-state index contributed by atoms with van der Waals surface area (Å²) in [6.07, 6.45) is 3.43. The van der Waals surface area contributed by atoms with Crippen molar-refractivity contribution in [2.45, 2.75) is 5.75 Å². The predicted octanol–water partition coefficient (Wildman–Crippen LogP) is 0.788. The summed E-state index contributed by atoms with van der Waals surface area (Å²) in [7, 11) is 1.83. The Kier molecular flexibility index (Phi) is 3.43. The molecule has 90 valence electrons. The minimum atomic E-state index is -0.862. The Balaban J connectivity index is 2.01. The number of carbonyl (C=O) groups is 1. The molecule has 0 bridgehead atoms. The van der Waals surface area contributed by atoms with E-state index in [1.807, 2.05) is 7.05 Å². The van der Waals surface area contributed by atoms with Crippen molar-refractivity contribution in [3.8, 4) is 11.6 Å². The van der Waals surface area contributed by atoms with Gasteiger partial charge in [-0.05, 0) is 0 Å². The van der Waals surface area contributed by atoms with Crippen LogP contribution in [0.25, 0.3) is 11.6 Å². The zero-order valence-corrected chi connectivity index (χ0v) is 9.85. The van der Waals surface area contributed by atoms with Gasteiger partial charge in [-0.25, -0.2) is 4.98 Å². The lowest BCUT2D eigenvalue weighted by Crippen LogP contribution is -1.98. The van der Waals surface area contributed by atoms with Crippen molar-refractivity contribution in [3.05, 3.63) is 18.3 Å². The molecule has 17 heavy (non-hydrogen) atoms. The van der Waals surface area contributed by atoms with Crippen LogP contribution in [0.1, 0.15) is 5.89 Å². The fourth-order valence-electron chi connectivity index (χ4n) is 1.21. The molecule has 0 aromatic carbocycles. The first-order valence-electron chi connectivity index (χ1n) is 4.76. The Morgan fingerprint density at radius 2 is 2.47 bits per heavy atom. The molecule has 1 N–H and O–H groups in total. The third kappa shape index (κ3) is 2.84. The molecule has 0 aliphatic rings. The Bertz CT molecular complexity index is 522. The first-order valence-corrected chi connectivity index (χ1v) is 5.92. The van der Waals surface area contributed by atoms with E-state index in [0.717, 1.165) is 0 Å². The minimum absolute atomic E-state index is 0.0140. The number of aromatic nitrogens is 4. The molecule has 0 saturated carbocycles. The molecular weight excluding hydrogens is 244 g/mol. The van der Waals surface area contributed by atoms with E-state index >= 15 is 0 Å². The number of hydrogen-bond donors (Lipinski definition) is 1. The first kappa shape index (κ1) is 11.6. The van der Waals surface area contributed by atoms with Gasteiger partial charge in [0.25, 0.3) is 0 Å². The van der Waals surface area contributed by atoms with Crippen LogP contribution in [0.2, 0.25) is 0 Å². The monoisotopic (exact) mass is 254 g/mol. The van der Waals surface area contributed by atoms with Crippen molar-refractivity contribution in [1.82, 2.24) is 19.7 Å². The molecular formula is C9H10N4O3S. The molecule has 2 aromatic heterocycles. The van der Waals surface area contributed by atoms with Gasteiger partial charge in [-0.2, -0.15) is 4.98 Å². The third-order valence-electron chi connectivity index (χ3n) is 1.94. The van der Waals surface area contributed by atoms with Crippen molar-refractivity contribution in [2.24, 2.45) is 7.05 Å². The van der Waals surface area contributed by atoms with Crippen LogP contribution in [0.5, 0.6) is 0 Å². The van der Waals surface area contributed by atoms with Gasteiger partial charge >= 0.3 is 5.97 Å². The molecule has 0 aliphatic heterocycles. The standard InChI is InChI=1S/C9H10N4O3S/c1-13-3-2-10-9(13)8-11-6(16-12-8)4-17-5-7(14)15/h2-3H,4-5H2,1H3,(H,14,15). The molecule has 0 atom stereocenters. The van der Waals surface area contributed by atoms with Gasteiger partial charge in [0.2, 0.25) is 11.7 Å². The second-order valence-electron chi connectivity index (χ2n) is 3.26. The molecule has 0 amide bonds. The molecule has 0 aliphatic carbocycles. The highest BCUT2D eigenvalue weighted by Gasteiger charge is 2.12. The largest absolute Gasteiger partial charge is 0.481 e. The van der Waals surface area contributed by atoms with Crippen molar-refractivity contribution < 1.29 is 14.4 Å². The van der Waals surface area contributed by atoms with Crippen molar-refractivity contribution in [3.63, 3.8) is 0 Å². The van der Waals surface area contributed by atoms with Gasteiger partial charge in [0.05, 0.1) is 11.5 Å².